The van der Waals surface area contributed by atoms with Gasteiger partial charge < -0.3 is 4.90 Å². The second kappa shape index (κ2) is 7.39. The molecule has 0 aliphatic carbocycles. The standard InChI is InChI=1S/C19H18N8O/c1-13-8-6-7-11-16(13)27-18(22-24-25-27)17(14-9-4-3-5-10-14)26(2)19(28)15-12-20-23-21-15/h3-12,17H,1-2H3,(H,20,21,23). The van der Waals surface area contributed by atoms with E-state index in [0.717, 1.165) is 16.8 Å². The summed E-state index contributed by atoms with van der Waals surface area (Å²) in [7, 11) is 1.70. The number of hydrogen-bond donors (Lipinski definition) is 1. The molecule has 9 nitrogen and oxygen atoms in total. The topological polar surface area (TPSA) is 105 Å². The number of amides is 1. The zero-order chi connectivity index (χ0) is 19.5. The molecule has 1 N–H and O–H groups in total. The number of rotatable bonds is 5. The zero-order valence-corrected chi connectivity index (χ0v) is 15.4. The molecule has 0 saturated carbocycles. The first-order valence-electron chi connectivity index (χ1n) is 8.69. The van der Waals surface area contributed by atoms with Gasteiger partial charge in [-0.05, 0) is 34.5 Å². The quantitative estimate of drug-likeness (QED) is 0.572. The van der Waals surface area contributed by atoms with Crippen molar-refractivity contribution in [3.8, 4) is 5.69 Å². The number of carbonyl (C=O) groups excluding carboxylic acids is 1. The summed E-state index contributed by atoms with van der Waals surface area (Å²) in [6.07, 6.45) is 1.39. The van der Waals surface area contributed by atoms with E-state index in [9.17, 15) is 4.79 Å². The van der Waals surface area contributed by atoms with E-state index in [4.69, 9.17) is 0 Å². The van der Waals surface area contributed by atoms with E-state index in [-0.39, 0.29) is 11.6 Å². The number of H-pyrrole nitrogens is 1. The van der Waals surface area contributed by atoms with Gasteiger partial charge in [0.15, 0.2) is 11.5 Å². The van der Waals surface area contributed by atoms with Gasteiger partial charge in [-0.1, -0.05) is 48.5 Å². The maximum absolute atomic E-state index is 13.0. The molecule has 2 heterocycles. The lowest BCUT2D eigenvalue weighted by molar-refractivity contribution is 0.0742. The van der Waals surface area contributed by atoms with E-state index in [1.165, 1.54) is 6.20 Å². The van der Waals surface area contributed by atoms with E-state index in [1.807, 2.05) is 61.5 Å². The van der Waals surface area contributed by atoms with Gasteiger partial charge in [-0.3, -0.25) is 4.79 Å². The first-order chi connectivity index (χ1) is 13.7. The van der Waals surface area contributed by atoms with Crippen molar-refractivity contribution in [1.29, 1.82) is 0 Å². The second-order valence-electron chi connectivity index (χ2n) is 6.32. The second-order valence-corrected chi connectivity index (χ2v) is 6.32. The fourth-order valence-electron chi connectivity index (χ4n) is 3.12. The molecule has 0 fully saturated rings. The average molecular weight is 374 g/mol. The van der Waals surface area contributed by atoms with Crippen molar-refractivity contribution in [2.75, 3.05) is 7.05 Å². The number of aromatic amines is 1. The Morgan fingerprint density at radius 1 is 1.11 bits per heavy atom. The molecule has 0 radical (unpaired) electrons. The maximum Gasteiger partial charge on any atom is 0.276 e. The van der Waals surface area contributed by atoms with Gasteiger partial charge in [-0.15, -0.1) is 5.10 Å². The van der Waals surface area contributed by atoms with E-state index in [1.54, 1.807) is 16.6 Å². The smallest absolute Gasteiger partial charge is 0.276 e. The Kier molecular flexibility index (Phi) is 4.63. The number of carbonyl (C=O) groups is 1. The molecule has 0 aliphatic heterocycles. The lowest BCUT2D eigenvalue weighted by atomic mass is 10.0. The first-order valence-corrected chi connectivity index (χ1v) is 8.69. The number of nitrogens with one attached hydrogen (secondary N) is 1. The molecule has 140 valence electrons. The van der Waals surface area contributed by atoms with Crippen LogP contribution in [0.1, 0.15) is 33.5 Å². The monoisotopic (exact) mass is 374 g/mol. The Morgan fingerprint density at radius 3 is 2.57 bits per heavy atom. The van der Waals surface area contributed by atoms with Crippen molar-refractivity contribution < 1.29 is 4.79 Å². The van der Waals surface area contributed by atoms with Gasteiger partial charge in [0.1, 0.15) is 6.04 Å². The number of hydrogen-bond acceptors (Lipinski definition) is 6. The highest BCUT2D eigenvalue weighted by Crippen LogP contribution is 2.28. The summed E-state index contributed by atoms with van der Waals surface area (Å²) in [5, 5.41) is 22.4. The minimum Gasteiger partial charge on any atom is -0.326 e. The molecule has 28 heavy (non-hydrogen) atoms. The Balaban J connectivity index is 1.83. The first kappa shape index (κ1) is 17.5. The van der Waals surface area contributed by atoms with Crippen LogP contribution >= 0.6 is 0 Å². The number of nitrogens with zero attached hydrogens (tertiary/aromatic N) is 7. The molecule has 2 aromatic carbocycles. The van der Waals surface area contributed by atoms with Crippen molar-refractivity contribution in [2.45, 2.75) is 13.0 Å². The summed E-state index contributed by atoms with van der Waals surface area (Å²) in [6.45, 7) is 1.99. The summed E-state index contributed by atoms with van der Waals surface area (Å²) >= 11 is 0. The lowest BCUT2D eigenvalue weighted by Gasteiger charge is -2.27. The van der Waals surface area contributed by atoms with Gasteiger partial charge in [-0.2, -0.15) is 20.1 Å². The van der Waals surface area contributed by atoms with Crippen LogP contribution in [-0.4, -0.2) is 53.5 Å². The average Bonchev–Trinajstić information content (AvgIpc) is 3.41. The van der Waals surface area contributed by atoms with Gasteiger partial charge in [0.2, 0.25) is 0 Å². The molecular weight excluding hydrogens is 356 g/mol. The van der Waals surface area contributed by atoms with Crippen LogP contribution in [0.4, 0.5) is 0 Å². The number of tetrazole rings is 1. The summed E-state index contributed by atoms with van der Waals surface area (Å²) in [6, 6.07) is 16.9. The van der Waals surface area contributed by atoms with Crippen LogP contribution in [0.5, 0.6) is 0 Å². The molecule has 1 unspecified atom stereocenters. The zero-order valence-electron chi connectivity index (χ0n) is 15.4. The Morgan fingerprint density at radius 2 is 1.86 bits per heavy atom. The molecular formula is C19H18N8O. The third-order valence-corrected chi connectivity index (χ3v) is 4.54. The Bertz CT molecular complexity index is 1070. The Labute approximate surface area is 161 Å². The molecule has 1 atom stereocenters. The van der Waals surface area contributed by atoms with E-state index in [2.05, 4.69) is 30.9 Å². The molecule has 9 heteroatoms. The number of para-hydroxylation sites is 1. The van der Waals surface area contributed by atoms with Gasteiger partial charge in [0, 0.05) is 7.05 Å². The van der Waals surface area contributed by atoms with Crippen molar-refractivity contribution in [1.82, 2.24) is 40.5 Å². The molecule has 4 rings (SSSR count). The largest absolute Gasteiger partial charge is 0.326 e. The third-order valence-electron chi connectivity index (χ3n) is 4.54. The van der Waals surface area contributed by atoms with Crippen molar-refractivity contribution in [2.24, 2.45) is 0 Å². The van der Waals surface area contributed by atoms with Crippen LogP contribution in [0, 0.1) is 6.92 Å². The van der Waals surface area contributed by atoms with E-state index >= 15 is 0 Å². The molecule has 0 aliphatic rings. The minimum atomic E-state index is -0.514. The predicted octanol–water partition coefficient (Wildman–Crippen LogP) is 1.95. The van der Waals surface area contributed by atoms with Gasteiger partial charge in [0.25, 0.3) is 5.91 Å². The summed E-state index contributed by atoms with van der Waals surface area (Å²) in [5.74, 6) is 0.238. The van der Waals surface area contributed by atoms with Crippen LogP contribution in [-0.2, 0) is 0 Å². The van der Waals surface area contributed by atoms with Gasteiger partial charge in [-0.25, -0.2) is 0 Å². The summed E-state index contributed by atoms with van der Waals surface area (Å²) in [4.78, 5) is 14.5. The number of aromatic nitrogens is 7. The van der Waals surface area contributed by atoms with Gasteiger partial charge >= 0.3 is 0 Å². The van der Waals surface area contributed by atoms with Crippen molar-refractivity contribution >= 4 is 5.91 Å². The summed E-state index contributed by atoms with van der Waals surface area (Å²) < 4.78 is 1.67. The highest BCUT2D eigenvalue weighted by atomic mass is 16.2. The highest BCUT2D eigenvalue weighted by molar-refractivity contribution is 5.92. The normalized spacial score (nSPS) is 11.9. The van der Waals surface area contributed by atoms with Crippen molar-refractivity contribution in [3.63, 3.8) is 0 Å². The third kappa shape index (κ3) is 3.13. The van der Waals surface area contributed by atoms with Crippen LogP contribution in [0.2, 0.25) is 0 Å². The minimum absolute atomic E-state index is 0.221. The van der Waals surface area contributed by atoms with Crippen LogP contribution in [0.15, 0.2) is 60.8 Å². The van der Waals surface area contributed by atoms with Crippen LogP contribution in [0.25, 0.3) is 5.69 Å². The fourth-order valence-corrected chi connectivity index (χ4v) is 3.12. The predicted molar refractivity (Wildman–Crippen MR) is 101 cm³/mol. The van der Waals surface area contributed by atoms with Crippen LogP contribution in [0.3, 0.4) is 0 Å². The molecule has 4 aromatic rings. The molecule has 0 saturated heterocycles. The van der Waals surface area contributed by atoms with E-state index in [0.29, 0.717) is 5.82 Å². The molecule has 0 spiro atoms. The fraction of sp³-hybridized carbons (Fsp3) is 0.158. The van der Waals surface area contributed by atoms with Crippen molar-refractivity contribution in [3.05, 3.63) is 83.4 Å². The SMILES string of the molecule is Cc1ccccc1-n1nnnc1C(c1ccccc1)N(C)C(=O)c1cn[nH]n1. The molecule has 0 bridgehead atoms. The summed E-state index contributed by atoms with van der Waals surface area (Å²) in [5.41, 5.74) is 2.98. The number of aryl methyl sites for hydroxylation is 1. The van der Waals surface area contributed by atoms with E-state index < -0.39 is 6.04 Å². The lowest BCUT2D eigenvalue weighted by Crippen LogP contribution is -2.34. The number of benzene rings is 2. The van der Waals surface area contributed by atoms with Crippen LogP contribution < -0.4 is 0 Å². The Hall–Kier alpha value is -3.88. The highest BCUT2D eigenvalue weighted by Gasteiger charge is 2.30. The maximum atomic E-state index is 13.0. The molecule has 1 amide bonds. The molecule has 2 aromatic heterocycles. The van der Waals surface area contributed by atoms with Gasteiger partial charge in [0.05, 0.1) is 11.9 Å².